The minimum Gasteiger partial charge on any atom is -0.348 e. The zero-order valence-electron chi connectivity index (χ0n) is 14.9. The van der Waals surface area contributed by atoms with E-state index in [4.69, 9.17) is 5.73 Å². The molecule has 1 aromatic heterocycles. The highest BCUT2D eigenvalue weighted by atomic mass is 14.9. The summed E-state index contributed by atoms with van der Waals surface area (Å²) < 4.78 is 2.29. The molecule has 1 atom stereocenters. The second-order valence-electron chi connectivity index (χ2n) is 6.85. The van der Waals surface area contributed by atoms with Crippen molar-refractivity contribution < 1.29 is 0 Å². The topological polar surface area (TPSA) is 30.9 Å². The maximum atomic E-state index is 6.26. The summed E-state index contributed by atoms with van der Waals surface area (Å²) in [6, 6.07) is 23.8. The molecule has 1 unspecified atom stereocenters. The van der Waals surface area contributed by atoms with Crippen molar-refractivity contribution in [3.63, 3.8) is 0 Å². The molecule has 3 aromatic carbocycles. The van der Waals surface area contributed by atoms with Gasteiger partial charge in [-0.15, -0.1) is 0 Å². The van der Waals surface area contributed by atoms with E-state index in [-0.39, 0.29) is 0 Å². The van der Waals surface area contributed by atoms with Crippen LogP contribution in [0.15, 0.2) is 66.7 Å². The molecule has 0 fully saturated rings. The van der Waals surface area contributed by atoms with Gasteiger partial charge in [0.2, 0.25) is 0 Å². The molecule has 126 valence electrons. The standard InChI is InChI=1S/C23H24N2/c1-16-23(21-12-5-6-13-22(21)25(16)2)19(15-24)14-18-10-7-9-17-8-3-4-11-20(17)18/h3-13,19H,14-15,24H2,1-2H3. The van der Waals surface area contributed by atoms with Gasteiger partial charge in [0.1, 0.15) is 0 Å². The molecule has 0 amide bonds. The number of aryl methyl sites for hydroxylation is 1. The number of para-hydroxylation sites is 1. The van der Waals surface area contributed by atoms with Crippen LogP contribution in [0.5, 0.6) is 0 Å². The molecule has 0 radical (unpaired) electrons. The van der Waals surface area contributed by atoms with Gasteiger partial charge < -0.3 is 10.3 Å². The molecule has 0 saturated heterocycles. The molecular formula is C23H24N2. The predicted molar refractivity (Wildman–Crippen MR) is 107 cm³/mol. The van der Waals surface area contributed by atoms with E-state index in [0.717, 1.165) is 6.42 Å². The van der Waals surface area contributed by atoms with E-state index < -0.39 is 0 Å². The fraction of sp³-hybridized carbons (Fsp3) is 0.217. The highest BCUT2D eigenvalue weighted by Gasteiger charge is 2.20. The lowest BCUT2D eigenvalue weighted by atomic mass is 9.88. The van der Waals surface area contributed by atoms with Gasteiger partial charge in [-0.05, 0) is 47.9 Å². The van der Waals surface area contributed by atoms with Crippen LogP contribution < -0.4 is 5.73 Å². The third kappa shape index (κ3) is 2.63. The molecule has 25 heavy (non-hydrogen) atoms. The van der Waals surface area contributed by atoms with Crippen molar-refractivity contribution in [1.82, 2.24) is 4.57 Å². The van der Waals surface area contributed by atoms with Gasteiger partial charge in [0.15, 0.2) is 0 Å². The number of rotatable bonds is 4. The minimum absolute atomic E-state index is 0.317. The van der Waals surface area contributed by atoms with E-state index in [1.807, 2.05) is 0 Å². The zero-order chi connectivity index (χ0) is 17.4. The minimum atomic E-state index is 0.317. The van der Waals surface area contributed by atoms with Crippen LogP contribution >= 0.6 is 0 Å². The largest absolute Gasteiger partial charge is 0.348 e. The molecule has 0 saturated carbocycles. The van der Waals surface area contributed by atoms with Gasteiger partial charge in [0.05, 0.1) is 0 Å². The lowest BCUT2D eigenvalue weighted by Crippen LogP contribution is -2.16. The molecule has 0 aliphatic heterocycles. The van der Waals surface area contributed by atoms with Gasteiger partial charge >= 0.3 is 0 Å². The number of aromatic nitrogens is 1. The van der Waals surface area contributed by atoms with E-state index in [2.05, 4.69) is 85.3 Å². The van der Waals surface area contributed by atoms with Crippen LogP contribution in [0.4, 0.5) is 0 Å². The lowest BCUT2D eigenvalue weighted by molar-refractivity contribution is 0.691. The molecule has 1 heterocycles. The van der Waals surface area contributed by atoms with Crippen molar-refractivity contribution >= 4 is 21.7 Å². The predicted octanol–water partition coefficient (Wildman–Crippen LogP) is 4.92. The molecule has 4 rings (SSSR count). The van der Waals surface area contributed by atoms with Crippen LogP contribution in [0.1, 0.15) is 22.7 Å². The zero-order valence-corrected chi connectivity index (χ0v) is 14.9. The summed E-state index contributed by atoms with van der Waals surface area (Å²) in [4.78, 5) is 0. The second kappa shape index (κ2) is 6.38. The first-order chi connectivity index (χ1) is 12.2. The highest BCUT2D eigenvalue weighted by Crippen LogP contribution is 2.34. The number of hydrogen-bond donors (Lipinski definition) is 1. The average molecular weight is 328 g/mol. The maximum Gasteiger partial charge on any atom is 0.0482 e. The molecule has 0 spiro atoms. The number of nitrogens with zero attached hydrogens (tertiary/aromatic N) is 1. The summed E-state index contributed by atoms with van der Waals surface area (Å²) in [5.74, 6) is 0.317. The van der Waals surface area contributed by atoms with Crippen LogP contribution in [-0.4, -0.2) is 11.1 Å². The average Bonchev–Trinajstić information content (AvgIpc) is 2.91. The molecule has 0 bridgehead atoms. The summed E-state index contributed by atoms with van der Waals surface area (Å²) in [6.45, 7) is 2.86. The molecule has 4 aromatic rings. The summed E-state index contributed by atoms with van der Waals surface area (Å²) in [5, 5.41) is 3.96. The Labute approximate surface area is 148 Å². The van der Waals surface area contributed by atoms with Crippen molar-refractivity contribution in [1.29, 1.82) is 0 Å². The van der Waals surface area contributed by atoms with Crippen LogP contribution in [-0.2, 0) is 13.5 Å². The van der Waals surface area contributed by atoms with Crippen molar-refractivity contribution in [3.05, 3.63) is 83.6 Å². The Morgan fingerprint density at radius 2 is 1.56 bits per heavy atom. The Bertz CT molecular complexity index is 1040. The Hall–Kier alpha value is -2.58. The van der Waals surface area contributed by atoms with Crippen molar-refractivity contribution in [2.45, 2.75) is 19.3 Å². The summed E-state index contributed by atoms with van der Waals surface area (Å²) in [7, 11) is 2.15. The number of fused-ring (bicyclic) bond motifs is 2. The smallest absolute Gasteiger partial charge is 0.0482 e. The quantitative estimate of drug-likeness (QED) is 0.566. The van der Waals surface area contributed by atoms with Crippen molar-refractivity contribution in [3.8, 4) is 0 Å². The Kier molecular flexibility index (Phi) is 4.06. The lowest BCUT2D eigenvalue weighted by Gasteiger charge is -2.18. The van der Waals surface area contributed by atoms with E-state index in [0.29, 0.717) is 12.5 Å². The first kappa shape index (κ1) is 15.9. The van der Waals surface area contributed by atoms with Crippen molar-refractivity contribution in [2.75, 3.05) is 6.54 Å². The van der Waals surface area contributed by atoms with Gasteiger partial charge in [-0.25, -0.2) is 0 Å². The van der Waals surface area contributed by atoms with Crippen molar-refractivity contribution in [2.24, 2.45) is 12.8 Å². The second-order valence-corrected chi connectivity index (χ2v) is 6.85. The fourth-order valence-electron chi connectivity index (χ4n) is 4.10. The summed E-state index contributed by atoms with van der Waals surface area (Å²) in [6.07, 6.45) is 0.965. The van der Waals surface area contributed by atoms with E-state index in [1.54, 1.807) is 0 Å². The molecule has 2 nitrogen and oxygen atoms in total. The Morgan fingerprint density at radius 3 is 2.36 bits per heavy atom. The van der Waals surface area contributed by atoms with Gasteiger partial charge in [-0.3, -0.25) is 0 Å². The first-order valence-electron chi connectivity index (χ1n) is 8.91. The van der Waals surface area contributed by atoms with Crippen LogP contribution in [0, 0.1) is 6.92 Å². The van der Waals surface area contributed by atoms with Crippen LogP contribution in [0.3, 0.4) is 0 Å². The number of nitrogens with two attached hydrogens (primary N) is 1. The molecule has 0 aliphatic rings. The highest BCUT2D eigenvalue weighted by molar-refractivity contribution is 5.87. The van der Waals surface area contributed by atoms with E-state index in [1.165, 1.54) is 38.5 Å². The SMILES string of the molecule is Cc1c(C(CN)Cc2cccc3ccccc23)c2ccccc2n1C. The number of hydrogen-bond acceptors (Lipinski definition) is 1. The Balaban J connectivity index is 1.83. The van der Waals surface area contributed by atoms with Gasteiger partial charge in [0.25, 0.3) is 0 Å². The van der Waals surface area contributed by atoms with Gasteiger partial charge in [-0.1, -0.05) is 60.7 Å². The molecule has 0 aliphatic carbocycles. The fourth-order valence-corrected chi connectivity index (χ4v) is 4.10. The summed E-state index contributed by atoms with van der Waals surface area (Å²) >= 11 is 0. The number of benzene rings is 3. The molecular weight excluding hydrogens is 304 g/mol. The summed E-state index contributed by atoms with van der Waals surface area (Å²) in [5.41, 5.74) is 11.6. The van der Waals surface area contributed by atoms with Gasteiger partial charge in [-0.2, -0.15) is 0 Å². The Morgan fingerprint density at radius 1 is 0.880 bits per heavy atom. The van der Waals surface area contributed by atoms with E-state index in [9.17, 15) is 0 Å². The maximum absolute atomic E-state index is 6.26. The third-order valence-electron chi connectivity index (χ3n) is 5.49. The molecule has 2 heteroatoms. The van der Waals surface area contributed by atoms with E-state index >= 15 is 0 Å². The normalized spacial score (nSPS) is 12.8. The van der Waals surface area contributed by atoms with Gasteiger partial charge in [0, 0.05) is 29.6 Å². The monoisotopic (exact) mass is 328 g/mol. The van der Waals surface area contributed by atoms with Crippen LogP contribution in [0.25, 0.3) is 21.7 Å². The molecule has 2 N–H and O–H groups in total. The first-order valence-corrected chi connectivity index (χ1v) is 8.91. The van der Waals surface area contributed by atoms with Crippen LogP contribution in [0.2, 0.25) is 0 Å². The third-order valence-corrected chi connectivity index (χ3v) is 5.49.